The second-order valence-corrected chi connectivity index (χ2v) is 7.02. The summed E-state index contributed by atoms with van der Waals surface area (Å²) >= 11 is 1.79. The monoisotopic (exact) mass is 341 g/mol. The number of anilines is 2. The highest BCUT2D eigenvalue weighted by atomic mass is 32.1. The summed E-state index contributed by atoms with van der Waals surface area (Å²) in [6.45, 7) is 2.32. The van der Waals surface area contributed by atoms with Crippen molar-refractivity contribution in [2.75, 3.05) is 18.5 Å². The number of benzene rings is 1. The molecule has 0 unspecified atom stereocenters. The Bertz CT molecular complexity index is 891. The van der Waals surface area contributed by atoms with Crippen LogP contribution >= 0.6 is 11.3 Å². The van der Waals surface area contributed by atoms with Crippen LogP contribution in [0.25, 0.3) is 10.2 Å². The second kappa shape index (κ2) is 6.37. The summed E-state index contributed by atoms with van der Waals surface area (Å²) in [5.74, 6) is 1.67. The molecule has 0 saturated heterocycles. The van der Waals surface area contributed by atoms with Gasteiger partial charge < -0.3 is 15.2 Å². The number of aliphatic hydroxyl groups excluding tert-OH is 1. The van der Waals surface area contributed by atoms with Crippen molar-refractivity contribution in [2.45, 2.75) is 26.2 Å². The number of ether oxygens (including phenoxy) is 1. The highest BCUT2D eigenvalue weighted by molar-refractivity contribution is 7.19. The fourth-order valence-electron chi connectivity index (χ4n) is 3.20. The third-order valence-corrected chi connectivity index (χ3v) is 5.49. The molecule has 0 amide bonds. The molecule has 1 aromatic carbocycles. The minimum atomic E-state index is 0.0155. The van der Waals surface area contributed by atoms with E-state index in [1.807, 2.05) is 25.1 Å². The first kappa shape index (κ1) is 15.4. The van der Waals surface area contributed by atoms with E-state index in [9.17, 15) is 0 Å². The van der Waals surface area contributed by atoms with E-state index in [4.69, 9.17) is 9.84 Å². The van der Waals surface area contributed by atoms with Gasteiger partial charge in [-0.1, -0.05) is 0 Å². The number of thiophene rings is 1. The highest BCUT2D eigenvalue weighted by Gasteiger charge is 2.21. The molecule has 0 fully saturated rings. The molecule has 2 heterocycles. The Hall–Kier alpha value is -2.18. The van der Waals surface area contributed by atoms with Gasteiger partial charge in [-0.25, -0.2) is 9.97 Å². The van der Waals surface area contributed by atoms with Crippen LogP contribution in [0.2, 0.25) is 0 Å². The van der Waals surface area contributed by atoms with Gasteiger partial charge in [0.1, 0.15) is 29.3 Å². The summed E-state index contributed by atoms with van der Waals surface area (Å²) in [7, 11) is 0. The zero-order chi connectivity index (χ0) is 16.5. The van der Waals surface area contributed by atoms with E-state index in [2.05, 4.69) is 15.3 Å². The van der Waals surface area contributed by atoms with Gasteiger partial charge in [-0.05, 0) is 55.5 Å². The van der Waals surface area contributed by atoms with Gasteiger partial charge in [0.15, 0.2) is 0 Å². The molecule has 0 aliphatic heterocycles. The van der Waals surface area contributed by atoms with E-state index in [0.29, 0.717) is 6.61 Å². The van der Waals surface area contributed by atoms with Crippen molar-refractivity contribution in [3.63, 3.8) is 0 Å². The fraction of sp³-hybridized carbons (Fsp3) is 0.333. The first-order chi connectivity index (χ1) is 11.8. The molecule has 1 aliphatic carbocycles. The van der Waals surface area contributed by atoms with E-state index in [1.54, 1.807) is 17.7 Å². The van der Waals surface area contributed by atoms with Crippen LogP contribution in [0.3, 0.4) is 0 Å². The SMILES string of the molecule is Cc1cc(Nc2ncnc3sc4c(c23)CCC4)ccc1OCCO. The number of hydrogen-bond acceptors (Lipinski definition) is 6. The first-order valence-corrected chi connectivity index (χ1v) is 8.94. The van der Waals surface area contributed by atoms with E-state index >= 15 is 0 Å². The molecule has 24 heavy (non-hydrogen) atoms. The van der Waals surface area contributed by atoms with Gasteiger partial charge in [-0.15, -0.1) is 11.3 Å². The Morgan fingerprint density at radius 3 is 3.04 bits per heavy atom. The van der Waals surface area contributed by atoms with Crippen molar-refractivity contribution in [3.8, 4) is 5.75 Å². The Morgan fingerprint density at radius 1 is 1.29 bits per heavy atom. The van der Waals surface area contributed by atoms with Gasteiger partial charge in [0.05, 0.1) is 12.0 Å². The van der Waals surface area contributed by atoms with Crippen LogP contribution in [0.4, 0.5) is 11.5 Å². The van der Waals surface area contributed by atoms with Crippen molar-refractivity contribution in [3.05, 3.63) is 40.5 Å². The van der Waals surface area contributed by atoms with E-state index in [1.165, 1.54) is 22.2 Å². The molecule has 0 saturated carbocycles. The number of fused-ring (bicyclic) bond motifs is 3. The molecule has 2 N–H and O–H groups in total. The smallest absolute Gasteiger partial charge is 0.142 e. The predicted molar refractivity (Wildman–Crippen MR) is 96.5 cm³/mol. The van der Waals surface area contributed by atoms with Crippen molar-refractivity contribution in [2.24, 2.45) is 0 Å². The van der Waals surface area contributed by atoms with Gasteiger partial charge in [0.2, 0.25) is 0 Å². The molecule has 3 aromatic rings. The van der Waals surface area contributed by atoms with Gasteiger partial charge in [0.25, 0.3) is 0 Å². The molecule has 4 rings (SSSR count). The number of nitrogens with zero attached hydrogens (tertiary/aromatic N) is 2. The summed E-state index contributed by atoms with van der Waals surface area (Å²) in [6.07, 6.45) is 5.12. The third kappa shape index (κ3) is 2.72. The number of hydrogen-bond donors (Lipinski definition) is 2. The highest BCUT2D eigenvalue weighted by Crippen LogP contribution is 2.39. The van der Waals surface area contributed by atoms with Gasteiger partial charge in [-0.2, -0.15) is 0 Å². The van der Waals surface area contributed by atoms with Crippen molar-refractivity contribution in [1.82, 2.24) is 9.97 Å². The summed E-state index contributed by atoms with van der Waals surface area (Å²) in [4.78, 5) is 11.4. The minimum Gasteiger partial charge on any atom is -0.491 e. The topological polar surface area (TPSA) is 67.3 Å². The summed E-state index contributed by atoms with van der Waals surface area (Å²) in [5, 5.41) is 13.5. The number of aromatic nitrogens is 2. The average Bonchev–Trinajstić information content (AvgIpc) is 3.15. The van der Waals surface area contributed by atoms with E-state index in [0.717, 1.165) is 40.5 Å². The standard InChI is InChI=1S/C18H19N3O2S/c1-11-9-12(5-6-14(11)23-8-7-22)21-17-16-13-3-2-4-15(13)24-18(16)20-10-19-17/h5-6,9-10,22H,2-4,7-8H2,1H3,(H,19,20,21). The second-order valence-electron chi connectivity index (χ2n) is 5.94. The molecule has 0 spiro atoms. The molecular formula is C18H19N3O2S. The average molecular weight is 341 g/mol. The molecule has 0 atom stereocenters. The van der Waals surface area contributed by atoms with Crippen LogP contribution in [-0.4, -0.2) is 28.3 Å². The van der Waals surface area contributed by atoms with Gasteiger partial charge in [0, 0.05) is 10.6 Å². The van der Waals surface area contributed by atoms with Gasteiger partial charge in [-0.3, -0.25) is 0 Å². The van der Waals surface area contributed by atoms with Crippen LogP contribution in [0.15, 0.2) is 24.5 Å². The largest absolute Gasteiger partial charge is 0.491 e. The Kier molecular flexibility index (Phi) is 4.08. The molecule has 1 aliphatic rings. The molecule has 5 nitrogen and oxygen atoms in total. The lowest BCUT2D eigenvalue weighted by Gasteiger charge is -2.12. The summed E-state index contributed by atoms with van der Waals surface area (Å²) in [5.41, 5.74) is 3.41. The van der Waals surface area contributed by atoms with Crippen molar-refractivity contribution < 1.29 is 9.84 Å². The zero-order valence-electron chi connectivity index (χ0n) is 13.5. The Morgan fingerprint density at radius 2 is 2.21 bits per heavy atom. The predicted octanol–water partition coefficient (Wildman–Crippen LogP) is 3.60. The summed E-state index contributed by atoms with van der Waals surface area (Å²) in [6, 6.07) is 5.93. The number of aryl methyl sites for hydroxylation is 3. The van der Waals surface area contributed by atoms with Crippen LogP contribution in [0.5, 0.6) is 5.75 Å². The molecule has 2 aromatic heterocycles. The van der Waals surface area contributed by atoms with Crippen molar-refractivity contribution in [1.29, 1.82) is 0 Å². The quantitative estimate of drug-likeness (QED) is 0.742. The first-order valence-electron chi connectivity index (χ1n) is 8.13. The Balaban J connectivity index is 1.66. The number of nitrogens with one attached hydrogen (secondary N) is 1. The normalized spacial score (nSPS) is 13.2. The molecular weight excluding hydrogens is 322 g/mol. The molecule has 6 heteroatoms. The molecule has 124 valence electrons. The van der Waals surface area contributed by atoms with Crippen LogP contribution in [0, 0.1) is 6.92 Å². The maximum absolute atomic E-state index is 8.87. The van der Waals surface area contributed by atoms with Crippen molar-refractivity contribution >= 4 is 33.1 Å². The van der Waals surface area contributed by atoms with Crippen LogP contribution < -0.4 is 10.1 Å². The van der Waals surface area contributed by atoms with Gasteiger partial charge >= 0.3 is 0 Å². The lowest BCUT2D eigenvalue weighted by Crippen LogP contribution is -2.03. The molecule has 0 radical (unpaired) electrons. The fourth-order valence-corrected chi connectivity index (χ4v) is 4.43. The van der Waals surface area contributed by atoms with E-state index in [-0.39, 0.29) is 6.61 Å². The summed E-state index contributed by atoms with van der Waals surface area (Å²) < 4.78 is 5.51. The van der Waals surface area contributed by atoms with E-state index < -0.39 is 0 Å². The third-order valence-electron chi connectivity index (χ3n) is 4.29. The molecule has 0 bridgehead atoms. The van der Waals surface area contributed by atoms with Crippen LogP contribution in [-0.2, 0) is 12.8 Å². The lowest BCUT2D eigenvalue weighted by atomic mass is 10.1. The zero-order valence-corrected chi connectivity index (χ0v) is 14.3. The maximum Gasteiger partial charge on any atom is 0.142 e. The maximum atomic E-state index is 8.87. The number of rotatable bonds is 5. The number of aliphatic hydroxyl groups is 1. The van der Waals surface area contributed by atoms with Crippen LogP contribution in [0.1, 0.15) is 22.4 Å². The lowest BCUT2D eigenvalue weighted by molar-refractivity contribution is 0.200. The Labute approximate surface area is 144 Å². The minimum absolute atomic E-state index is 0.0155.